The number of hydrogen-bond acceptors (Lipinski definition) is 4. The molecular formula is C20H28N2O4. The van der Waals surface area contributed by atoms with E-state index in [1.54, 1.807) is 12.1 Å². The molecule has 0 radical (unpaired) electrons. The third-order valence-corrected chi connectivity index (χ3v) is 4.65. The molecule has 6 nitrogen and oxygen atoms in total. The second kappa shape index (κ2) is 8.36. The fourth-order valence-electron chi connectivity index (χ4n) is 3.16. The minimum Gasteiger partial charge on any atom is -0.481 e. The molecule has 1 unspecified atom stereocenters. The minimum atomic E-state index is -1.20. The summed E-state index contributed by atoms with van der Waals surface area (Å²) >= 11 is 0. The summed E-state index contributed by atoms with van der Waals surface area (Å²) in [5.41, 5.74) is 1.92. The highest BCUT2D eigenvalue weighted by Crippen LogP contribution is 2.30. The lowest BCUT2D eigenvalue weighted by Crippen LogP contribution is -2.38. The van der Waals surface area contributed by atoms with Gasteiger partial charge in [-0.1, -0.05) is 6.07 Å². The van der Waals surface area contributed by atoms with Crippen molar-refractivity contribution in [3.8, 4) is 5.75 Å². The number of fused-ring (bicyclic) bond motifs is 1. The Morgan fingerprint density at radius 1 is 1.15 bits per heavy atom. The molecule has 1 aromatic carbocycles. The Bertz CT molecular complexity index is 771. The number of esters is 1. The zero-order chi connectivity index (χ0) is 19.4. The monoisotopic (exact) mass is 360 g/mol. The third-order valence-electron chi connectivity index (χ3n) is 4.65. The number of benzene rings is 1. The van der Waals surface area contributed by atoms with Gasteiger partial charge in [0, 0.05) is 35.7 Å². The van der Waals surface area contributed by atoms with Crippen molar-refractivity contribution in [2.75, 3.05) is 6.54 Å². The smallest absolute Gasteiger partial charge is 0.325 e. The van der Waals surface area contributed by atoms with Crippen LogP contribution in [0.5, 0.6) is 5.75 Å². The van der Waals surface area contributed by atoms with Gasteiger partial charge < -0.3 is 14.8 Å². The molecule has 0 amide bonds. The van der Waals surface area contributed by atoms with Gasteiger partial charge in [-0.05, 0) is 58.7 Å². The molecule has 0 spiro atoms. The van der Waals surface area contributed by atoms with Gasteiger partial charge in [0.2, 0.25) is 0 Å². The molecule has 0 saturated heterocycles. The summed E-state index contributed by atoms with van der Waals surface area (Å²) in [4.78, 5) is 28.7. The lowest BCUT2D eigenvalue weighted by atomic mass is 10.1. The van der Waals surface area contributed by atoms with Crippen LogP contribution in [-0.4, -0.2) is 45.6 Å². The van der Waals surface area contributed by atoms with Crippen LogP contribution >= 0.6 is 0 Å². The first-order valence-electron chi connectivity index (χ1n) is 9.01. The largest absolute Gasteiger partial charge is 0.481 e. The van der Waals surface area contributed by atoms with Crippen molar-refractivity contribution < 1.29 is 19.4 Å². The maximum absolute atomic E-state index is 12.1. The van der Waals surface area contributed by atoms with Crippen LogP contribution in [0.15, 0.2) is 24.4 Å². The Hall–Kier alpha value is -2.34. The van der Waals surface area contributed by atoms with Crippen LogP contribution in [0.1, 0.15) is 40.2 Å². The molecule has 142 valence electrons. The molecule has 26 heavy (non-hydrogen) atoms. The predicted molar refractivity (Wildman–Crippen MR) is 101 cm³/mol. The molecule has 0 aliphatic carbocycles. The fraction of sp³-hybridized carbons (Fsp3) is 0.500. The number of ether oxygens (including phenoxy) is 1. The molecule has 1 atom stereocenters. The number of carbonyl (C=O) groups excluding carboxylic acids is 1. The summed E-state index contributed by atoms with van der Waals surface area (Å²) in [5.74, 6) is -2.76. The van der Waals surface area contributed by atoms with Crippen molar-refractivity contribution >= 4 is 22.8 Å². The molecule has 1 aromatic heterocycles. The van der Waals surface area contributed by atoms with Gasteiger partial charge in [0.25, 0.3) is 0 Å². The lowest BCUT2D eigenvalue weighted by Gasteiger charge is -2.30. The van der Waals surface area contributed by atoms with Crippen LogP contribution < -0.4 is 4.74 Å². The van der Waals surface area contributed by atoms with Crippen molar-refractivity contribution in [3.05, 3.63) is 30.0 Å². The van der Waals surface area contributed by atoms with Gasteiger partial charge in [-0.15, -0.1) is 0 Å². The summed E-state index contributed by atoms with van der Waals surface area (Å²) in [6, 6.07) is 6.28. The first-order chi connectivity index (χ1) is 12.2. The standard InChI is InChI=1S/C20H28N2O4/c1-12(2)22(13(3)4)10-9-15-11-21-16-7-6-8-17(18(15)16)26-20(25)14(5)19(23)24/h6-8,11-14,21H,9-10H2,1-5H3,(H,23,24). The van der Waals surface area contributed by atoms with E-state index in [9.17, 15) is 9.59 Å². The second-order valence-electron chi connectivity index (χ2n) is 7.15. The molecule has 1 heterocycles. The van der Waals surface area contributed by atoms with E-state index in [1.807, 2.05) is 12.3 Å². The molecule has 2 N–H and O–H groups in total. The van der Waals surface area contributed by atoms with E-state index in [4.69, 9.17) is 9.84 Å². The highest BCUT2D eigenvalue weighted by atomic mass is 16.5. The molecule has 0 bridgehead atoms. The topological polar surface area (TPSA) is 82.6 Å². The quantitative estimate of drug-likeness (QED) is 0.428. The van der Waals surface area contributed by atoms with E-state index in [2.05, 4.69) is 37.6 Å². The molecule has 0 aliphatic heterocycles. The lowest BCUT2D eigenvalue weighted by molar-refractivity contribution is -0.151. The number of aromatic amines is 1. The third kappa shape index (κ3) is 4.43. The van der Waals surface area contributed by atoms with E-state index in [0.29, 0.717) is 17.8 Å². The Balaban J connectivity index is 2.27. The maximum atomic E-state index is 12.1. The van der Waals surface area contributed by atoms with Gasteiger partial charge in [-0.3, -0.25) is 14.5 Å². The number of aliphatic carboxylic acids is 1. The summed E-state index contributed by atoms with van der Waals surface area (Å²) in [5, 5.41) is 9.83. The first kappa shape index (κ1) is 20.0. The number of H-pyrrole nitrogens is 1. The Morgan fingerprint density at radius 2 is 1.81 bits per heavy atom. The van der Waals surface area contributed by atoms with Crippen LogP contribution in [0, 0.1) is 5.92 Å². The number of aromatic nitrogens is 1. The van der Waals surface area contributed by atoms with Crippen LogP contribution in [-0.2, 0) is 16.0 Å². The van der Waals surface area contributed by atoms with Crippen LogP contribution in [0.2, 0.25) is 0 Å². The molecule has 0 saturated carbocycles. The number of carboxylic acids is 1. The van der Waals surface area contributed by atoms with E-state index in [-0.39, 0.29) is 0 Å². The van der Waals surface area contributed by atoms with E-state index >= 15 is 0 Å². The van der Waals surface area contributed by atoms with Crippen LogP contribution in [0.25, 0.3) is 10.9 Å². The van der Waals surface area contributed by atoms with Crippen LogP contribution in [0.3, 0.4) is 0 Å². The number of nitrogens with zero attached hydrogens (tertiary/aromatic N) is 1. The zero-order valence-corrected chi connectivity index (χ0v) is 16.1. The Labute approximate surface area is 154 Å². The Kier molecular flexibility index (Phi) is 6.42. The SMILES string of the molecule is CC(C(=O)O)C(=O)Oc1cccc2[nH]cc(CCN(C(C)C)C(C)C)c12. The normalized spacial score (nSPS) is 12.9. The van der Waals surface area contributed by atoms with Crippen molar-refractivity contribution in [1.29, 1.82) is 0 Å². The molecule has 2 aromatic rings. The highest BCUT2D eigenvalue weighted by Gasteiger charge is 2.24. The highest BCUT2D eigenvalue weighted by molar-refractivity contribution is 5.97. The summed E-state index contributed by atoms with van der Waals surface area (Å²) < 4.78 is 5.40. The molecule has 0 aliphatic rings. The van der Waals surface area contributed by atoms with Gasteiger partial charge in [-0.2, -0.15) is 0 Å². The maximum Gasteiger partial charge on any atom is 0.325 e. The summed E-state index contributed by atoms with van der Waals surface area (Å²) in [6.45, 7) is 10.9. The molecular weight excluding hydrogens is 332 g/mol. The number of nitrogens with one attached hydrogen (secondary N) is 1. The van der Waals surface area contributed by atoms with E-state index in [0.717, 1.165) is 29.4 Å². The molecule has 6 heteroatoms. The van der Waals surface area contributed by atoms with Crippen molar-refractivity contribution in [2.24, 2.45) is 5.92 Å². The zero-order valence-electron chi connectivity index (χ0n) is 16.1. The summed E-state index contributed by atoms with van der Waals surface area (Å²) in [6.07, 6.45) is 2.74. The van der Waals surface area contributed by atoms with Crippen LogP contribution in [0.4, 0.5) is 0 Å². The second-order valence-corrected chi connectivity index (χ2v) is 7.15. The predicted octanol–water partition coefficient (Wildman–Crippen LogP) is 3.46. The van der Waals surface area contributed by atoms with Crippen molar-refractivity contribution in [3.63, 3.8) is 0 Å². The van der Waals surface area contributed by atoms with Gasteiger partial charge >= 0.3 is 11.9 Å². The number of carboxylic acid groups (broad SMARTS) is 1. The Morgan fingerprint density at radius 3 is 2.38 bits per heavy atom. The average Bonchev–Trinajstić information content (AvgIpc) is 2.97. The molecule has 2 rings (SSSR count). The summed E-state index contributed by atoms with van der Waals surface area (Å²) in [7, 11) is 0. The minimum absolute atomic E-state index is 0.400. The van der Waals surface area contributed by atoms with Gasteiger partial charge in [-0.25, -0.2) is 0 Å². The fourth-order valence-corrected chi connectivity index (χ4v) is 3.16. The number of rotatable bonds is 8. The molecule has 0 fully saturated rings. The van der Waals surface area contributed by atoms with E-state index in [1.165, 1.54) is 6.92 Å². The van der Waals surface area contributed by atoms with Gasteiger partial charge in [0.05, 0.1) is 0 Å². The average molecular weight is 360 g/mol. The van der Waals surface area contributed by atoms with Crippen molar-refractivity contribution in [1.82, 2.24) is 9.88 Å². The first-order valence-corrected chi connectivity index (χ1v) is 9.01. The number of carbonyl (C=O) groups is 2. The van der Waals surface area contributed by atoms with Gasteiger partial charge in [0.1, 0.15) is 5.75 Å². The van der Waals surface area contributed by atoms with Gasteiger partial charge in [0.15, 0.2) is 5.92 Å². The van der Waals surface area contributed by atoms with E-state index < -0.39 is 17.9 Å². The van der Waals surface area contributed by atoms with Crippen molar-refractivity contribution in [2.45, 2.75) is 53.1 Å². The number of hydrogen-bond donors (Lipinski definition) is 2.